The molecular weight excluding hydrogens is 250 g/mol. The van der Waals surface area contributed by atoms with Crippen molar-refractivity contribution in [2.24, 2.45) is 17.2 Å². The van der Waals surface area contributed by atoms with Crippen molar-refractivity contribution in [1.82, 2.24) is 0 Å². The van der Waals surface area contributed by atoms with E-state index in [1.807, 2.05) is 48.5 Å². The molecule has 5 nitrogen and oxygen atoms in total. The van der Waals surface area contributed by atoms with Gasteiger partial charge >= 0.3 is 0 Å². The zero-order valence-corrected chi connectivity index (χ0v) is 11.2. The number of nitrogens with zero attached hydrogens (tertiary/aromatic N) is 1. The van der Waals surface area contributed by atoms with Gasteiger partial charge in [-0.15, -0.1) is 0 Å². The van der Waals surface area contributed by atoms with Gasteiger partial charge in [0, 0.05) is 13.1 Å². The molecule has 0 heterocycles. The fourth-order valence-corrected chi connectivity index (χ4v) is 2.19. The second kappa shape index (κ2) is 6.18. The Labute approximate surface area is 118 Å². The zero-order chi connectivity index (χ0) is 14.5. The summed E-state index contributed by atoms with van der Waals surface area (Å²) in [6.07, 6.45) is 0. The molecule has 0 saturated carbocycles. The van der Waals surface area contributed by atoms with Crippen LogP contribution in [0.3, 0.4) is 0 Å². The summed E-state index contributed by atoms with van der Waals surface area (Å²) in [7, 11) is 0. The third-order valence-electron chi connectivity index (χ3n) is 3.15. The molecule has 7 N–H and O–H groups in total. The Morgan fingerprint density at radius 3 is 1.60 bits per heavy atom. The highest BCUT2D eigenvalue weighted by Crippen LogP contribution is 2.30. The maximum absolute atomic E-state index is 7.89. The smallest absolute Gasteiger partial charge is 0.197 e. The van der Waals surface area contributed by atoms with Crippen LogP contribution in [-0.4, -0.2) is 5.96 Å². The summed E-state index contributed by atoms with van der Waals surface area (Å²) in [4.78, 5) is 1.67. The van der Waals surface area contributed by atoms with Crippen LogP contribution in [0.2, 0.25) is 0 Å². The lowest BCUT2D eigenvalue weighted by Gasteiger charge is -2.27. The quantitative estimate of drug-likeness (QED) is 0.500. The summed E-state index contributed by atoms with van der Waals surface area (Å²) in [6, 6.07) is 15.3. The van der Waals surface area contributed by atoms with Crippen molar-refractivity contribution in [2.45, 2.75) is 13.1 Å². The summed E-state index contributed by atoms with van der Waals surface area (Å²) in [6.45, 7) is 0.759. The maximum atomic E-state index is 7.89. The Balaban J connectivity index is 2.60. The van der Waals surface area contributed by atoms with Crippen molar-refractivity contribution in [3.05, 3.63) is 59.7 Å². The van der Waals surface area contributed by atoms with E-state index in [0.717, 1.165) is 22.5 Å². The predicted molar refractivity (Wildman–Crippen MR) is 82.7 cm³/mol. The number of hydrogen-bond donors (Lipinski definition) is 4. The first kappa shape index (κ1) is 14.0. The van der Waals surface area contributed by atoms with Crippen LogP contribution in [0.5, 0.6) is 0 Å². The van der Waals surface area contributed by atoms with Crippen LogP contribution < -0.4 is 22.1 Å². The van der Waals surface area contributed by atoms with E-state index in [4.69, 9.17) is 22.6 Å². The van der Waals surface area contributed by atoms with E-state index in [-0.39, 0.29) is 5.96 Å². The minimum Gasteiger partial charge on any atom is -0.369 e. The van der Waals surface area contributed by atoms with E-state index >= 15 is 0 Å². The lowest BCUT2D eigenvalue weighted by atomic mass is 10.1. The highest BCUT2D eigenvalue weighted by molar-refractivity contribution is 6.01. The molecule has 0 unspecified atom stereocenters. The van der Waals surface area contributed by atoms with E-state index in [2.05, 4.69) is 0 Å². The molecule has 20 heavy (non-hydrogen) atoms. The molecule has 0 aliphatic rings. The minimum absolute atomic E-state index is 0.0631. The number of guanidine groups is 1. The van der Waals surface area contributed by atoms with Crippen molar-refractivity contribution >= 4 is 17.3 Å². The van der Waals surface area contributed by atoms with Crippen molar-refractivity contribution in [3.8, 4) is 0 Å². The van der Waals surface area contributed by atoms with Crippen LogP contribution in [0.15, 0.2) is 48.5 Å². The number of para-hydroxylation sites is 2. The Kier molecular flexibility index (Phi) is 4.34. The Morgan fingerprint density at radius 1 is 0.850 bits per heavy atom. The molecular formula is C15H19N5. The van der Waals surface area contributed by atoms with Gasteiger partial charge in [-0.05, 0) is 23.3 Å². The van der Waals surface area contributed by atoms with Crippen molar-refractivity contribution in [2.75, 3.05) is 4.90 Å². The molecule has 0 aliphatic heterocycles. The maximum Gasteiger partial charge on any atom is 0.197 e. The number of benzene rings is 2. The van der Waals surface area contributed by atoms with Crippen LogP contribution in [0.4, 0.5) is 11.4 Å². The standard InChI is InChI=1S/C15H19N5/c16-9-11-5-1-3-7-13(11)20(15(18)19)14-8-4-2-6-12(14)10-17/h1-8H,9-10,16-17H2,(H3,18,19). The van der Waals surface area contributed by atoms with Gasteiger partial charge in [-0.1, -0.05) is 36.4 Å². The first-order valence-electron chi connectivity index (χ1n) is 6.39. The number of rotatable bonds is 4. The van der Waals surface area contributed by atoms with Gasteiger partial charge in [0.2, 0.25) is 0 Å². The second-order valence-electron chi connectivity index (χ2n) is 4.39. The Morgan fingerprint density at radius 2 is 1.25 bits per heavy atom. The van der Waals surface area contributed by atoms with Gasteiger partial charge in [0.05, 0.1) is 11.4 Å². The molecule has 0 fully saturated rings. The van der Waals surface area contributed by atoms with E-state index in [9.17, 15) is 0 Å². The van der Waals surface area contributed by atoms with Gasteiger partial charge in [-0.25, -0.2) is 0 Å². The number of nitrogens with two attached hydrogens (primary N) is 3. The average molecular weight is 269 g/mol. The molecule has 5 heteroatoms. The van der Waals surface area contributed by atoms with Crippen LogP contribution in [0.25, 0.3) is 0 Å². The zero-order valence-electron chi connectivity index (χ0n) is 11.2. The highest BCUT2D eigenvalue weighted by atomic mass is 15.2. The summed E-state index contributed by atoms with van der Waals surface area (Å²) in [5, 5.41) is 7.89. The van der Waals surface area contributed by atoms with Gasteiger partial charge in [-0.2, -0.15) is 0 Å². The molecule has 0 aliphatic carbocycles. The largest absolute Gasteiger partial charge is 0.369 e. The number of anilines is 2. The third kappa shape index (κ3) is 2.64. The summed E-state index contributed by atoms with van der Waals surface area (Å²) in [5.74, 6) is -0.0631. The monoisotopic (exact) mass is 269 g/mol. The van der Waals surface area contributed by atoms with Gasteiger partial charge in [0.1, 0.15) is 0 Å². The molecule has 2 aromatic carbocycles. The highest BCUT2D eigenvalue weighted by Gasteiger charge is 2.17. The van der Waals surface area contributed by atoms with Crippen LogP contribution in [-0.2, 0) is 13.1 Å². The van der Waals surface area contributed by atoms with Crippen LogP contribution in [0, 0.1) is 5.41 Å². The predicted octanol–water partition coefficient (Wildman–Crippen LogP) is 1.64. The Bertz CT molecular complexity index is 561. The summed E-state index contributed by atoms with van der Waals surface area (Å²) >= 11 is 0. The lowest BCUT2D eigenvalue weighted by Crippen LogP contribution is -2.34. The number of hydrogen-bond acceptors (Lipinski definition) is 3. The average Bonchev–Trinajstić information content (AvgIpc) is 2.48. The van der Waals surface area contributed by atoms with E-state index in [0.29, 0.717) is 13.1 Å². The summed E-state index contributed by atoms with van der Waals surface area (Å²) in [5.41, 5.74) is 20.8. The molecule has 0 bridgehead atoms. The molecule has 0 aromatic heterocycles. The molecule has 2 rings (SSSR count). The Hall–Kier alpha value is -2.37. The van der Waals surface area contributed by atoms with Gasteiger partial charge in [0.25, 0.3) is 0 Å². The molecule has 0 radical (unpaired) electrons. The molecule has 2 aromatic rings. The van der Waals surface area contributed by atoms with Gasteiger partial charge < -0.3 is 17.2 Å². The minimum atomic E-state index is -0.0631. The fourth-order valence-electron chi connectivity index (χ4n) is 2.19. The van der Waals surface area contributed by atoms with Crippen molar-refractivity contribution in [1.29, 1.82) is 5.41 Å². The molecule has 0 atom stereocenters. The first-order valence-corrected chi connectivity index (χ1v) is 6.39. The first-order chi connectivity index (χ1) is 9.69. The van der Waals surface area contributed by atoms with E-state index in [1.165, 1.54) is 0 Å². The fraction of sp³-hybridized carbons (Fsp3) is 0.133. The van der Waals surface area contributed by atoms with Gasteiger partial charge in [0.15, 0.2) is 5.96 Å². The van der Waals surface area contributed by atoms with Crippen molar-refractivity contribution < 1.29 is 0 Å². The summed E-state index contributed by atoms with van der Waals surface area (Å²) < 4.78 is 0. The normalized spacial score (nSPS) is 10.3. The van der Waals surface area contributed by atoms with Gasteiger partial charge in [-0.3, -0.25) is 10.3 Å². The van der Waals surface area contributed by atoms with Crippen LogP contribution in [0.1, 0.15) is 11.1 Å². The topological polar surface area (TPSA) is 105 Å². The van der Waals surface area contributed by atoms with E-state index in [1.54, 1.807) is 4.90 Å². The third-order valence-corrected chi connectivity index (χ3v) is 3.15. The SMILES string of the molecule is N=C(N)N(c1ccccc1CN)c1ccccc1CN. The lowest BCUT2D eigenvalue weighted by molar-refractivity contribution is 1.04. The van der Waals surface area contributed by atoms with Crippen LogP contribution >= 0.6 is 0 Å². The number of nitrogens with one attached hydrogen (secondary N) is 1. The molecule has 0 amide bonds. The molecule has 104 valence electrons. The van der Waals surface area contributed by atoms with E-state index < -0.39 is 0 Å². The van der Waals surface area contributed by atoms with Crippen molar-refractivity contribution in [3.63, 3.8) is 0 Å². The molecule has 0 spiro atoms. The molecule has 0 saturated heterocycles. The second-order valence-corrected chi connectivity index (χ2v) is 4.39.